The van der Waals surface area contributed by atoms with E-state index in [1.54, 1.807) is 31.1 Å². The fraction of sp³-hybridized carbons (Fsp3) is 0.231. The van der Waals surface area contributed by atoms with Gasteiger partial charge in [0, 0.05) is 25.9 Å². The van der Waals surface area contributed by atoms with Crippen LogP contribution >= 0.6 is 0 Å². The summed E-state index contributed by atoms with van der Waals surface area (Å²) in [7, 11) is -0.459. The zero-order valence-electron chi connectivity index (χ0n) is 20.0. The Kier molecular flexibility index (Phi) is 7.54. The Morgan fingerprint density at radius 2 is 1.41 bits per heavy atom. The second-order valence-corrected chi connectivity index (χ2v) is 9.88. The smallest absolute Gasteiger partial charge is 0.294 e. The molecule has 0 aliphatic heterocycles. The van der Waals surface area contributed by atoms with Gasteiger partial charge in [-0.3, -0.25) is 9.35 Å². The largest absolute Gasteiger partial charge is 0.348 e. The van der Waals surface area contributed by atoms with Crippen LogP contribution in [0, 0.1) is 20.8 Å². The predicted molar refractivity (Wildman–Crippen MR) is 133 cm³/mol. The molecule has 2 heterocycles. The lowest BCUT2D eigenvalue weighted by Gasteiger charge is -2.11. The van der Waals surface area contributed by atoms with Crippen molar-refractivity contribution < 1.29 is 17.8 Å². The molecule has 0 aliphatic carbocycles. The molecule has 4 rings (SSSR count). The van der Waals surface area contributed by atoms with Crippen molar-refractivity contribution in [2.45, 2.75) is 32.1 Å². The number of nitrogens with zero attached hydrogens (tertiary/aromatic N) is 3. The molecule has 0 fully saturated rings. The van der Waals surface area contributed by atoms with E-state index in [9.17, 15) is 13.2 Å². The third-order valence-electron chi connectivity index (χ3n) is 5.33. The highest BCUT2D eigenvalue weighted by molar-refractivity contribution is 7.85. The number of benzene rings is 2. The zero-order valence-corrected chi connectivity index (χ0v) is 20.8. The summed E-state index contributed by atoms with van der Waals surface area (Å²) >= 11 is 0. The quantitative estimate of drug-likeness (QED) is 0.436. The number of aromatic nitrogens is 2. The normalized spacial score (nSPS) is 11.1. The van der Waals surface area contributed by atoms with Crippen molar-refractivity contribution in [1.82, 2.24) is 14.3 Å². The molecule has 8 heteroatoms. The molecule has 0 atom stereocenters. The number of rotatable bonds is 4. The fourth-order valence-corrected chi connectivity index (χ4v) is 3.80. The van der Waals surface area contributed by atoms with Crippen LogP contribution in [0.2, 0.25) is 0 Å². The maximum absolute atomic E-state index is 12.3. The van der Waals surface area contributed by atoms with E-state index in [2.05, 4.69) is 31.2 Å². The topological polar surface area (TPSA) is 92.0 Å². The third-order valence-corrected chi connectivity index (χ3v) is 6.19. The third kappa shape index (κ3) is 6.09. The van der Waals surface area contributed by atoms with Crippen LogP contribution in [0.4, 0.5) is 0 Å². The predicted octanol–water partition coefficient (Wildman–Crippen LogP) is 4.49. The number of carbonyl (C=O) groups is 1. The van der Waals surface area contributed by atoms with E-state index >= 15 is 0 Å². The molecule has 0 unspecified atom stereocenters. The van der Waals surface area contributed by atoms with E-state index in [1.807, 2.05) is 36.6 Å². The van der Waals surface area contributed by atoms with Gasteiger partial charge in [0.2, 0.25) is 5.91 Å². The van der Waals surface area contributed by atoms with Gasteiger partial charge in [-0.2, -0.15) is 8.42 Å². The van der Waals surface area contributed by atoms with Gasteiger partial charge in [0.1, 0.15) is 5.65 Å². The first kappa shape index (κ1) is 25.1. The molecule has 4 aromatic rings. The lowest BCUT2D eigenvalue weighted by atomic mass is 10.1. The van der Waals surface area contributed by atoms with Crippen LogP contribution in [0.15, 0.2) is 71.8 Å². The van der Waals surface area contributed by atoms with Gasteiger partial charge in [0.15, 0.2) is 0 Å². The van der Waals surface area contributed by atoms with Crippen molar-refractivity contribution in [3.05, 3.63) is 89.2 Å². The minimum Gasteiger partial charge on any atom is -0.348 e. The Bertz CT molecular complexity index is 1410. The minimum absolute atomic E-state index is 0.0666. The summed E-state index contributed by atoms with van der Waals surface area (Å²) in [6.07, 6.45) is 2.37. The van der Waals surface area contributed by atoms with Gasteiger partial charge in [-0.05, 0) is 44.5 Å². The molecule has 2 aromatic carbocycles. The maximum Gasteiger partial charge on any atom is 0.294 e. The lowest BCUT2D eigenvalue weighted by molar-refractivity contribution is -0.128. The Morgan fingerprint density at radius 3 is 1.94 bits per heavy atom. The Morgan fingerprint density at radius 1 is 0.882 bits per heavy atom. The fourth-order valence-electron chi connectivity index (χ4n) is 3.32. The van der Waals surface area contributed by atoms with Crippen molar-refractivity contribution in [3.8, 4) is 11.3 Å². The summed E-state index contributed by atoms with van der Waals surface area (Å²) in [6.45, 7) is 5.95. The number of hydrogen-bond donors (Lipinski definition) is 1. The summed E-state index contributed by atoms with van der Waals surface area (Å²) in [5, 5.41) is 0. The molecular formula is C26H29N3O4S. The summed E-state index contributed by atoms with van der Waals surface area (Å²) in [5.41, 5.74) is 7.03. The molecule has 1 N–H and O–H groups in total. The van der Waals surface area contributed by atoms with Crippen LogP contribution in [-0.2, 0) is 21.3 Å². The number of hydrogen-bond acceptors (Lipinski definition) is 4. The van der Waals surface area contributed by atoms with E-state index in [0.717, 1.165) is 33.7 Å². The van der Waals surface area contributed by atoms with Crippen LogP contribution in [-0.4, -0.2) is 47.3 Å². The molecular weight excluding hydrogens is 450 g/mol. The number of imidazole rings is 1. The van der Waals surface area contributed by atoms with Crippen molar-refractivity contribution in [3.63, 3.8) is 0 Å². The van der Waals surface area contributed by atoms with Crippen molar-refractivity contribution in [2.75, 3.05) is 14.1 Å². The van der Waals surface area contributed by atoms with Gasteiger partial charge in [-0.15, -0.1) is 0 Å². The number of fused-ring (bicyclic) bond motifs is 1. The molecule has 1 amide bonds. The summed E-state index contributed by atoms with van der Waals surface area (Å²) in [5.74, 6) is 0.0710. The second kappa shape index (κ2) is 10.2. The van der Waals surface area contributed by atoms with Gasteiger partial charge in [0.05, 0.1) is 22.7 Å². The van der Waals surface area contributed by atoms with Crippen LogP contribution in [0.25, 0.3) is 16.9 Å². The van der Waals surface area contributed by atoms with Crippen LogP contribution in [0.1, 0.15) is 22.4 Å². The summed E-state index contributed by atoms with van der Waals surface area (Å²) in [4.78, 5) is 18.6. The highest BCUT2D eigenvalue weighted by Gasteiger charge is 2.18. The number of pyridine rings is 1. The van der Waals surface area contributed by atoms with Crippen LogP contribution in [0.3, 0.4) is 0 Å². The number of likely N-dealkylation sites (N-methyl/N-ethyl adjacent to an activating group) is 1. The van der Waals surface area contributed by atoms with Crippen molar-refractivity contribution in [1.29, 1.82) is 0 Å². The monoisotopic (exact) mass is 479 g/mol. The first-order valence-electron chi connectivity index (χ1n) is 10.7. The maximum atomic E-state index is 12.3. The van der Waals surface area contributed by atoms with E-state index in [0.29, 0.717) is 6.42 Å². The average Bonchev–Trinajstić information content (AvgIpc) is 3.12. The van der Waals surface area contributed by atoms with Gasteiger partial charge in [-0.1, -0.05) is 53.6 Å². The summed E-state index contributed by atoms with van der Waals surface area (Å²) in [6, 6.07) is 18.3. The van der Waals surface area contributed by atoms with E-state index in [-0.39, 0.29) is 10.8 Å². The lowest BCUT2D eigenvalue weighted by Crippen LogP contribution is -2.24. The SMILES string of the molecule is Cc1ccc(-c2nc3ccc(C)cn3c2CC(=O)N(C)C)cc1.Cc1ccc(S(=O)(=O)O)cc1. The van der Waals surface area contributed by atoms with Gasteiger partial charge < -0.3 is 9.30 Å². The van der Waals surface area contributed by atoms with Crippen LogP contribution in [0.5, 0.6) is 0 Å². The standard InChI is InChI=1S/C19H21N3O.C7H8O3S/c1-13-5-8-15(9-6-13)19-16(11-18(23)21(3)4)22-12-14(2)7-10-17(22)20-19;1-6-2-4-7(5-3-6)11(8,9)10/h5-10,12H,11H2,1-4H3;2-5H,1H3,(H,8,9,10). The second-order valence-electron chi connectivity index (χ2n) is 8.46. The summed E-state index contributed by atoms with van der Waals surface area (Å²) < 4.78 is 31.6. The first-order valence-corrected chi connectivity index (χ1v) is 12.2. The minimum atomic E-state index is -4.02. The van der Waals surface area contributed by atoms with Crippen LogP contribution < -0.4 is 0 Å². The molecule has 0 radical (unpaired) electrons. The molecule has 0 spiro atoms. The van der Waals surface area contributed by atoms with Gasteiger partial charge >= 0.3 is 0 Å². The van der Waals surface area contributed by atoms with Crippen molar-refractivity contribution >= 4 is 21.7 Å². The highest BCUT2D eigenvalue weighted by atomic mass is 32.2. The molecule has 0 bridgehead atoms. The van der Waals surface area contributed by atoms with Gasteiger partial charge in [0.25, 0.3) is 10.1 Å². The Balaban J connectivity index is 0.000000248. The first-order chi connectivity index (χ1) is 16.0. The van der Waals surface area contributed by atoms with E-state index < -0.39 is 10.1 Å². The molecule has 0 saturated carbocycles. The molecule has 7 nitrogen and oxygen atoms in total. The Labute approximate surface area is 200 Å². The number of aryl methyl sites for hydroxylation is 3. The molecule has 0 aliphatic rings. The molecule has 178 valence electrons. The van der Waals surface area contributed by atoms with Crippen molar-refractivity contribution in [2.24, 2.45) is 0 Å². The number of carbonyl (C=O) groups excluding carboxylic acids is 1. The van der Waals surface area contributed by atoms with E-state index in [4.69, 9.17) is 9.54 Å². The van der Waals surface area contributed by atoms with E-state index in [1.165, 1.54) is 17.7 Å². The Hall–Kier alpha value is -3.49. The molecule has 2 aromatic heterocycles. The highest BCUT2D eigenvalue weighted by Crippen LogP contribution is 2.26. The number of amides is 1. The molecule has 34 heavy (non-hydrogen) atoms. The molecule has 0 saturated heterocycles. The average molecular weight is 480 g/mol. The van der Waals surface area contributed by atoms with Gasteiger partial charge in [-0.25, -0.2) is 4.98 Å². The zero-order chi connectivity index (χ0) is 25.0.